The fourth-order valence-corrected chi connectivity index (χ4v) is 2.20. The molecule has 1 heterocycles. The van der Waals surface area contributed by atoms with E-state index >= 15 is 0 Å². The molecule has 0 bridgehead atoms. The minimum absolute atomic E-state index is 0. The number of rotatable bonds is 6. The number of aliphatic imine (C=N–C) groups is 1. The molecule has 144 valence electrons. The van der Waals surface area contributed by atoms with Gasteiger partial charge in [0.15, 0.2) is 5.96 Å². The van der Waals surface area contributed by atoms with Gasteiger partial charge >= 0.3 is 6.36 Å². The molecule has 2 aromatic rings. The van der Waals surface area contributed by atoms with Gasteiger partial charge in [-0.3, -0.25) is 0 Å². The molecule has 1 aromatic heterocycles. The Morgan fingerprint density at radius 2 is 1.92 bits per heavy atom. The summed E-state index contributed by atoms with van der Waals surface area (Å²) in [7, 11) is 0. The van der Waals surface area contributed by atoms with Gasteiger partial charge in [0.2, 0.25) is 0 Å². The van der Waals surface area contributed by atoms with E-state index in [0.717, 1.165) is 17.0 Å². The van der Waals surface area contributed by atoms with E-state index in [4.69, 9.17) is 10.3 Å². The topological polar surface area (TPSA) is 85.7 Å². The third-order valence-corrected chi connectivity index (χ3v) is 3.45. The number of aryl methyl sites for hydroxylation is 2. The molecule has 2 rings (SSSR count). The second kappa shape index (κ2) is 9.64. The van der Waals surface area contributed by atoms with Gasteiger partial charge in [-0.15, -0.1) is 37.1 Å². The zero-order valence-corrected chi connectivity index (χ0v) is 16.6. The smallest absolute Gasteiger partial charge is 0.406 e. The normalized spacial score (nSPS) is 11.8. The fraction of sp³-hybridized carbons (Fsp3) is 0.375. The molecule has 26 heavy (non-hydrogen) atoms. The lowest BCUT2D eigenvalue weighted by atomic mass is 10.1. The summed E-state index contributed by atoms with van der Waals surface area (Å²) in [5.41, 5.74) is 8.36. The molecule has 0 amide bonds. The van der Waals surface area contributed by atoms with Gasteiger partial charge in [-0.2, -0.15) is 0 Å². The van der Waals surface area contributed by atoms with Crippen LogP contribution in [0.15, 0.2) is 33.8 Å². The highest BCUT2D eigenvalue weighted by molar-refractivity contribution is 14.0. The minimum atomic E-state index is -4.70. The third-order valence-electron chi connectivity index (χ3n) is 3.45. The average Bonchev–Trinajstić information content (AvgIpc) is 2.84. The van der Waals surface area contributed by atoms with Crippen LogP contribution >= 0.6 is 24.0 Å². The Balaban J connectivity index is 0.00000338. The van der Waals surface area contributed by atoms with Gasteiger partial charge in [-0.05, 0) is 38.0 Å². The van der Waals surface area contributed by atoms with Crippen LogP contribution in [-0.4, -0.2) is 24.0 Å². The summed E-state index contributed by atoms with van der Waals surface area (Å²) in [5.74, 6) is 0.754. The molecule has 0 aliphatic carbocycles. The average molecular weight is 484 g/mol. The summed E-state index contributed by atoms with van der Waals surface area (Å²) in [5, 5.41) is 6.85. The van der Waals surface area contributed by atoms with Crippen LogP contribution in [0.2, 0.25) is 0 Å². The lowest BCUT2D eigenvalue weighted by Gasteiger charge is -2.09. The monoisotopic (exact) mass is 484 g/mol. The van der Waals surface area contributed by atoms with Crippen molar-refractivity contribution in [3.8, 4) is 5.75 Å². The molecular formula is C16H20F3IN4O2. The molecule has 0 unspecified atom stereocenters. The summed E-state index contributed by atoms with van der Waals surface area (Å²) < 4.78 is 45.1. The largest absolute Gasteiger partial charge is 0.573 e. The molecule has 3 N–H and O–H groups in total. The van der Waals surface area contributed by atoms with Crippen molar-refractivity contribution in [2.45, 2.75) is 33.2 Å². The Kier molecular flexibility index (Phi) is 8.18. The summed E-state index contributed by atoms with van der Waals surface area (Å²) in [6, 6.07) is 5.47. The Morgan fingerprint density at radius 1 is 1.27 bits per heavy atom. The first-order valence-electron chi connectivity index (χ1n) is 7.55. The van der Waals surface area contributed by atoms with Crippen molar-refractivity contribution < 1.29 is 22.4 Å². The van der Waals surface area contributed by atoms with Gasteiger partial charge in [0.05, 0.1) is 12.2 Å². The molecule has 0 atom stereocenters. The lowest BCUT2D eigenvalue weighted by molar-refractivity contribution is -0.274. The van der Waals surface area contributed by atoms with E-state index in [0.29, 0.717) is 18.5 Å². The summed E-state index contributed by atoms with van der Waals surface area (Å²) in [4.78, 5) is 4.14. The van der Waals surface area contributed by atoms with Crippen LogP contribution < -0.4 is 15.8 Å². The highest BCUT2D eigenvalue weighted by Gasteiger charge is 2.30. The van der Waals surface area contributed by atoms with Crippen molar-refractivity contribution in [3.05, 3.63) is 46.8 Å². The Morgan fingerprint density at radius 3 is 2.46 bits per heavy atom. The number of guanidine groups is 1. The van der Waals surface area contributed by atoms with Crippen LogP contribution in [0.3, 0.4) is 0 Å². The van der Waals surface area contributed by atoms with E-state index in [1.165, 1.54) is 24.3 Å². The maximum atomic E-state index is 12.1. The van der Waals surface area contributed by atoms with Gasteiger partial charge < -0.3 is 20.3 Å². The number of nitrogens with two attached hydrogens (primary N) is 1. The highest BCUT2D eigenvalue weighted by Crippen LogP contribution is 2.22. The SMILES string of the molecule is Cc1noc(C)c1CCNC(N)=NCc1ccc(OC(F)(F)F)cc1.I. The molecule has 0 radical (unpaired) electrons. The van der Waals surface area contributed by atoms with Crippen LogP contribution in [0.1, 0.15) is 22.6 Å². The standard InChI is InChI=1S/C16H19F3N4O2.HI/c1-10-14(11(2)25-23-10)7-8-21-15(20)22-9-12-3-5-13(6-4-12)24-16(17,18)19;/h3-6H,7-9H2,1-2H3,(H3,20,21,22);1H. The number of nitrogens with zero attached hydrogens (tertiary/aromatic N) is 2. The first kappa shape index (κ1) is 22.1. The van der Waals surface area contributed by atoms with Crippen molar-refractivity contribution in [1.82, 2.24) is 10.5 Å². The molecular weight excluding hydrogens is 464 g/mol. The lowest BCUT2D eigenvalue weighted by Crippen LogP contribution is -2.33. The van der Waals surface area contributed by atoms with Crippen LogP contribution in [0.5, 0.6) is 5.75 Å². The van der Waals surface area contributed by atoms with Crippen molar-refractivity contribution in [1.29, 1.82) is 0 Å². The van der Waals surface area contributed by atoms with Crippen LogP contribution in [-0.2, 0) is 13.0 Å². The number of aromatic nitrogens is 1. The fourth-order valence-electron chi connectivity index (χ4n) is 2.20. The van der Waals surface area contributed by atoms with Crippen molar-refractivity contribution in [2.24, 2.45) is 10.7 Å². The first-order valence-corrected chi connectivity index (χ1v) is 7.55. The Labute approximate surface area is 166 Å². The third kappa shape index (κ3) is 7.10. The highest BCUT2D eigenvalue weighted by atomic mass is 127. The Hall–Kier alpha value is -1.98. The summed E-state index contributed by atoms with van der Waals surface area (Å²) >= 11 is 0. The second-order valence-electron chi connectivity index (χ2n) is 5.37. The zero-order valence-electron chi connectivity index (χ0n) is 14.3. The van der Waals surface area contributed by atoms with Gasteiger partial charge in [0.1, 0.15) is 11.5 Å². The van der Waals surface area contributed by atoms with E-state index in [-0.39, 0.29) is 42.2 Å². The van der Waals surface area contributed by atoms with E-state index in [1.807, 2.05) is 13.8 Å². The van der Waals surface area contributed by atoms with Crippen LogP contribution in [0.25, 0.3) is 0 Å². The number of benzene rings is 1. The van der Waals surface area contributed by atoms with E-state index < -0.39 is 6.36 Å². The molecule has 6 nitrogen and oxygen atoms in total. The van der Waals surface area contributed by atoms with Crippen molar-refractivity contribution in [2.75, 3.05) is 6.54 Å². The van der Waals surface area contributed by atoms with Gasteiger partial charge in [0, 0.05) is 12.1 Å². The maximum absolute atomic E-state index is 12.1. The minimum Gasteiger partial charge on any atom is -0.406 e. The number of alkyl halides is 3. The second-order valence-corrected chi connectivity index (χ2v) is 5.37. The number of ether oxygens (including phenoxy) is 1. The molecule has 0 saturated carbocycles. The van der Waals surface area contributed by atoms with Crippen molar-refractivity contribution in [3.63, 3.8) is 0 Å². The summed E-state index contributed by atoms with van der Waals surface area (Å²) in [6.07, 6.45) is -4.00. The number of hydrogen-bond donors (Lipinski definition) is 2. The van der Waals surface area contributed by atoms with Crippen molar-refractivity contribution >= 4 is 29.9 Å². The summed E-state index contributed by atoms with van der Waals surface area (Å²) in [6.45, 7) is 4.53. The van der Waals surface area contributed by atoms with Crippen LogP contribution in [0, 0.1) is 13.8 Å². The molecule has 0 aliphatic rings. The molecule has 0 saturated heterocycles. The molecule has 1 aromatic carbocycles. The molecule has 0 fully saturated rings. The number of nitrogens with one attached hydrogen (secondary N) is 1. The molecule has 0 aliphatic heterocycles. The Bertz CT molecular complexity index is 711. The number of halogens is 4. The van der Waals surface area contributed by atoms with E-state index in [1.54, 1.807) is 0 Å². The maximum Gasteiger partial charge on any atom is 0.573 e. The number of hydrogen-bond acceptors (Lipinski definition) is 4. The molecule has 0 spiro atoms. The van der Waals surface area contributed by atoms with Gasteiger partial charge in [-0.25, -0.2) is 4.99 Å². The first-order chi connectivity index (χ1) is 11.7. The predicted octanol–water partition coefficient (Wildman–Crippen LogP) is 3.46. The van der Waals surface area contributed by atoms with E-state index in [2.05, 4.69) is 20.2 Å². The van der Waals surface area contributed by atoms with Gasteiger partial charge in [0.25, 0.3) is 0 Å². The quantitative estimate of drug-likeness (QED) is 0.373. The van der Waals surface area contributed by atoms with E-state index in [9.17, 15) is 13.2 Å². The molecule has 10 heteroatoms. The van der Waals surface area contributed by atoms with Crippen LogP contribution in [0.4, 0.5) is 13.2 Å². The zero-order chi connectivity index (χ0) is 18.4. The van der Waals surface area contributed by atoms with Gasteiger partial charge in [-0.1, -0.05) is 17.3 Å². The predicted molar refractivity (Wildman–Crippen MR) is 102 cm³/mol.